The van der Waals surface area contributed by atoms with E-state index in [4.69, 9.17) is 21.1 Å². The van der Waals surface area contributed by atoms with Gasteiger partial charge < -0.3 is 9.47 Å². The number of benzene rings is 1. The van der Waals surface area contributed by atoms with Crippen molar-refractivity contribution in [3.05, 3.63) is 34.9 Å². The van der Waals surface area contributed by atoms with Crippen LogP contribution in [0.3, 0.4) is 0 Å². The summed E-state index contributed by atoms with van der Waals surface area (Å²) < 4.78 is 11.4. The molecule has 1 aliphatic rings. The maximum atomic E-state index is 11.8. The maximum absolute atomic E-state index is 11.8. The molecule has 1 saturated carbocycles. The van der Waals surface area contributed by atoms with Crippen molar-refractivity contribution in [2.24, 2.45) is 5.92 Å². The predicted octanol–water partition coefficient (Wildman–Crippen LogP) is 4.00. The summed E-state index contributed by atoms with van der Waals surface area (Å²) in [6, 6.07) is 7.66. The van der Waals surface area contributed by atoms with Gasteiger partial charge in [-0.3, -0.25) is 4.79 Å². The highest BCUT2D eigenvalue weighted by atomic mass is 127. The lowest BCUT2D eigenvalue weighted by atomic mass is 10.1. The van der Waals surface area contributed by atoms with Gasteiger partial charge in [0.15, 0.2) is 0 Å². The second-order valence-corrected chi connectivity index (χ2v) is 6.95. The standard InChI is InChI=1S/C15H18ClIO3/c1-2-19-15(18)11-7-13(17)14(8-11)20-9-10-4-3-5-12(16)6-10/h3-6,11,13-14H,2,7-9H2,1H3. The lowest BCUT2D eigenvalue weighted by molar-refractivity contribution is -0.148. The summed E-state index contributed by atoms with van der Waals surface area (Å²) in [7, 11) is 0. The van der Waals surface area contributed by atoms with Crippen molar-refractivity contribution in [2.45, 2.75) is 36.4 Å². The summed E-state index contributed by atoms with van der Waals surface area (Å²) in [5, 5.41) is 0.716. The Balaban J connectivity index is 1.86. The molecule has 0 amide bonds. The van der Waals surface area contributed by atoms with Gasteiger partial charge >= 0.3 is 5.97 Å². The van der Waals surface area contributed by atoms with E-state index < -0.39 is 0 Å². The highest BCUT2D eigenvalue weighted by molar-refractivity contribution is 14.1. The summed E-state index contributed by atoms with van der Waals surface area (Å²) in [5.41, 5.74) is 1.06. The molecule has 0 saturated heterocycles. The van der Waals surface area contributed by atoms with Gasteiger partial charge in [0, 0.05) is 8.95 Å². The second-order valence-electron chi connectivity index (χ2n) is 4.92. The van der Waals surface area contributed by atoms with E-state index in [1.165, 1.54) is 0 Å². The number of esters is 1. The van der Waals surface area contributed by atoms with E-state index in [2.05, 4.69) is 22.6 Å². The van der Waals surface area contributed by atoms with Gasteiger partial charge in [-0.15, -0.1) is 0 Å². The molecule has 3 atom stereocenters. The predicted molar refractivity (Wildman–Crippen MR) is 87.2 cm³/mol. The van der Waals surface area contributed by atoms with Crippen molar-refractivity contribution >= 4 is 40.2 Å². The minimum atomic E-state index is -0.0944. The number of hydrogen-bond acceptors (Lipinski definition) is 3. The Hall–Kier alpha value is -0.330. The molecule has 1 aromatic carbocycles. The second kappa shape index (κ2) is 7.61. The van der Waals surface area contributed by atoms with Gasteiger partial charge in [0.25, 0.3) is 0 Å². The molecule has 0 radical (unpaired) electrons. The molecule has 0 heterocycles. The number of carbonyl (C=O) groups excluding carboxylic acids is 1. The number of carbonyl (C=O) groups is 1. The summed E-state index contributed by atoms with van der Waals surface area (Å²) in [6.07, 6.45) is 1.68. The molecule has 1 fully saturated rings. The molecule has 2 rings (SSSR count). The first-order valence-electron chi connectivity index (χ1n) is 6.77. The molecule has 20 heavy (non-hydrogen) atoms. The first kappa shape index (κ1) is 16.0. The Bertz CT molecular complexity index is 466. The van der Waals surface area contributed by atoms with Crippen molar-refractivity contribution in [2.75, 3.05) is 6.61 Å². The van der Waals surface area contributed by atoms with Crippen LogP contribution < -0.4 is 0 Å². The fourth-order valence-corrected chi connectivity index (χ4v) is 3.73. The molecule has 0 N–H and O–H groups in total. The lowest BCUT2D eigenvalue weighted by Crippen LogP contribution is -2.18. The molecule has 5 heteroatoms. The fraction of sp³-hybridized carbons (Fsp3) is 0.533. The van der Waals surface area contributed by atoms with Crippen molar-refractivity contribution in [1.82, 2.24) is 0 Å². The first-order valence-corrected chi connectivity index (χ1v) is 8.39. The van der Waals surface area contributed by atoms with Crippen molar-refractivity contribution in [3.63, 3.8) is 0 Å². The Morgan fingerprint density at radius 2 is 2.25 bits per heavy atom. The van der Waals surface area contributed by atoms with Crippen molar-refractivity contribution < 1.29 is 14.3 Å². The van der Waals surface area contributed by atoms with E-state index in [9.17, 15) is 4.79 Å². The van der Waals surface area contributed by atoms with Gasteiger partial charge in [0.05, 0.1) is 25.2 Å². The summed E-state index contributed by atoms with van der Waals surface area (Å²) in [6.45, 7) is 2.80. The first-order chi connectivity index (χ1) is 9.60. The zero-order valence-electron chi connectivity index (χ0n) is 11.4. The molecule has 1 aliphatic carbocycles. The molecule has 0 bridgehead atoms. The van der Waals surface area contributed by atoms with Crippen LogP contribution in [-0.4, -0.2) is 22.6 Å². The van der Waals surface area contributed by atoms with Crippen LogP contribution in [-0.2, 0) is 20.9 Å². The molecular weight excluding hydrogens is 391 g/mol. The fourth-order valence-electron chi connectivity index (χ4n) is 2.40. The third kappa shape index (κ3) is 4.33. The topological polar surface area (TPSA) is 35.5 Å². The highest BCUT2D eigenvalue weighted by Gasteiger charge is 2.37. The Labute approximate surface area is 138 Å². The summed E-state index contributed by atoms with van der Waals surface area (Å²) >= 11 is 8.31. The van der Waals surface area contributed by atoms with Gasteiger partial charge in [-0.1, -0.05) is 46.3 Å². The molecule has 0 spiro atoms. The zero-order valence-corrected chi connectivity index (χ0v) is 14.3. The molecule has 0 aliphatic heterocycles. The minimum Gasteiger partial charge on any atom is -0.466 e. The Morgan fingerprint density at radius 3 is 2.95 bits per heavy atom. The van der Waals surface area contributed by atoms with Gasteiger partial charge in [0.2, 0.25) is 0 Å². The van der Waals surface area contributed by atoms with E-state index in [1.54, 1.807) is 0 Å². The van der Waals surface area contributed by atoms with E-state index in [0.717, 1.165) is 18.4 Å². The largest absolute Gasteiger partial charge is 0.466 e. The zero-order chi connectivity index (χ0) is 14.5. The van der Waals surface area contributed by atoms with Crippen molar-refractivity contribution in [1.29, 1.82) is 0 Å². The third-order valence-corrected chi connectivity index (χ3v) is 4.95. The van der Waals surface area contributed by atoms with Crippen LogP contribution >= 0.6 is 34.2 Å². The molecular formula is C15H18ClIO3. The highest BCUT2D eigenvalue weighted by Crippen LogP contribution is 2.35. The van der Waals surface area contributed by atoms with Crippen LogP contribution in [0, 0.1) is 5.92 Å². The van der Waals surface area contributed by atoms with Gasteiger partial charge in [-0.25, -0.2) is 0 Å². The van der Waals surface area contributed by atoms with Crippen LogP contribution in [0.25, 0.3) is 0 Å². The monoisotopic (exact) mass is 408 g/mol. The van der Waals surface area contributed by atoms with Crippen LogP contribution in [0.1, 0.15) is 25.3 Å². The van der Waals surface area contributed by atoms with Crippen LogP contribution in [0.5, 0.6) is 0 Å². The van der Waals surface area contributed by atoms with Crippen LogP contribution in [0.2, 0.25) is 5.02 Å². The number of halogens is 2. The van der Waals surface area contributed by atoms with E-state index in [0.29, 0.717) is 22.2 Å². The van der Waals surface area contributed by atoms with Gasteiger partial charge in [-0.2, -0.15) is 0 Å². The van der Waals surface area contributed by atoms with E-state index in [-0.39, 0.29) is 18.0 Å². The quantitative estimate of drug-likeness (QED) is 0.420. The van der Waals surface area contributed by atoms with Gasteiger partial charge in [-0.05, 0) is 37.5 Å². The Kier molecular flexibility index (Phi) is 6.11. The molecule has 3 unspecified atom stereocenters. The normalized spacial score (nSPS) is 25.6. The maximum Gasteiger partial charge on any atom is 0.309 e. The molecule has 0 aromatic heterocycles. The molecule has 110 valence electrons. The summed E-state index contributed by atoms with van der Waals surface area (Å²) in [5.74, 6) is -0.121. The van der Waals surface area contributed by atoms with Gasteiger partial charge in [0.1, 0.15) is 0 Å². The number of alkyl halides is 1. The minimum absolute atomic E-state index is 0.0267. The van der Waals surface area contributed by atoms with E-state index in [1.807, 2.05) is 31.2 Å². The summed E-state index contributed by atoms with van der Waals surface area (Å²) in [4.78, 5) is 11.8. The Morgan fingerprint density at radius 1 is 1.45 bits per heavy atom. The molecule has 3 nitrogen and oxygen atoms in total. The van der Waals surface area contributed by atoms with Crippen molar-refractivity contribution in [3.8, 4) is 0 Å². The smallest absolute Gasteiger partial charge is 0.309 e. The lowest BCUT2D eigenvalue weighted by Gasteiger charge is -2.15. The third-order valence-electron chi connectivity index (χ3n) is 3.40. The van der Waals surface area contributed by atoms with Crippen LogP contribution in [0.4, 0.5) is 0 Å². The number of rotatable bonds is 5. The number of ether oxygens (including phenoxy) is 2. The SMILES string of the molecule is CCOC(=O)C1CC(I)C(OCc2cccc(Cl)c2)C1. The number of hydrogen-bond donors (Lipinski definition) is 0. The molecule has 1 aromatic rings. The van der Waals surface area contributed by atoms with Crippen LogP contribution in [0.15, 0.2) is 24.3 Å². The van der Waals surface area contributed by atoms with E-state index >= 15 is 0 Å². The average Bonchev–Trinajstić information content (AvgIpc) is 2.78. The average molecular weight is 409 g/mol.